The lowest BCUT2D eigenvalue weighted by molar-refractivity contribution is -0.148. The number of halogens is 4. The maximum Gasteiger partial charge on any atom is 0.407 e. The average molecular weight is 543 g/mol. The lowest BCUT2D eigenvalue weighted by Gasteiger charge is -2.26. The summed E-state index contributed by atoms with van der Waals surface area (Å²) in [7, 11) is 0. The Morgan fingerprint density at radius 1 is 1.05 bits per heavy atom. The van der Waals surface area contributed by atoms with E-state index in [9.17, 15) is 22.8 Å². The molecule has 2 N–H and O–H groups in total. The number of alkyl carbamates (subject to hydrolysis) is 1. The standard InChI is InChI=1S/C27H34ClF3N2O4/c1-5-36-25(34)19(15-32-16-24(30)31)13-21(33-26(35)37-27(2,3)4)12-17-6-8-18(9-7-17)22-14-20(28)10-11-23(22)29/h6-11,14,19,21,24,32H,5,12-13,15-16H2,1-4H3,(H,33,35). The molecule has 0 aliphatic heterocycles. The van der Waals surface area contributed by atoms with Crippen LogP contribution in [0.15, 0.2) is 42.5 Å². The lowest BCUT2D eigenvalue weighted by Crippen LogP contribution is -2.44. The highest BCUT2D eigenvalue weighted by molar-refractivity contribution is 6.30. The number of ether oxygens (including phenoxy) is 2. The Morgan fingerprint density at radius 3 is 2.32 bits per heavy atom. The molecule has 37 heavy (non-hydrogen) atoms. The fourth-order valence-corrected chi connectivity index (χ4v) is 3.90. The van der Waals surface area contributed by atoms with E-state index in [1.165, 1.54) is 18.2 Å². The van der Waals surface area contributed by atoms with Gasteiger partial charge in [-0.15, -0.1) is 0 Å². The van der Waals surface area contributed by atoms with Crippen LogP contribution in [0, 0.1) is 11.7 Å². The maximum absolute atomic E-state index is 14.3. The van der Waals surface area contributed by atoms with Crippen LogP contribution in [0.1, 0.15) is 39.7 Å². The zero-order valence-electron chi connectivity index (χ0n) is 21.5. The quantitative estimate of drug-likeness (QED) is 0.321. The summed E-state index contributed by atoms with van der Waals surface area (Å²) in [5, 5.41) is 5.78. The number of rotatable bonds is 12. The molecule has 0 bridgehead atoms. The first-order valence-electron chi connectivity index (χ1n) is 12.1. The number of nitrogens with one attached hydrogen (secondary N) is 2. The topological polar surface area (TPSA) is 76.7 Å². The molecule has 2 rings (SSSR count). The zero-order chi connectivity index (χ0) is 27.6. The monoisotopic (exact) mass is 542 g/mol. The van der Waals surface area contributed by atoms with Crippen molar-refractivity contribution >= 4 is 23.7 Å². The Balaban J connectivity index is 2.24. The summed E-state index contributed by atoms with van der Waals surface area (Å²) in [6.45, 7) is 6.36. The minimum atomic E-state index is -2.57. The Morgan fingerprint density at radius 2 is 1.73 bits per heavy atom. The summed E-state index contributed by atoms with van der Waals surface area (Å²) in [6, 6.07) is 10.8. The lowest BCUT2D eigenvalue weighted by atomic mass is 9.93. The molecule has 10 heteroatoms. The van der Waals surface area contributed by atoms with E-state index in [0.29, 0.717) is 22.6 Å². The first-order chi connectivity index (χ1) is 17.4. The summed E-state index contributed by atoms with van der Waals surface area (Å²) in [6.07, 6.45) is -2.80. The first kappa shape index (κ1) is 30.4. The Bertz CT molecular complexity index is 1030. The van der Waals surface area contributed by atoms with Crippen molar-refractivity contribution in [1.82, 2.24) is 10.6 Å². The molecule has 1 amide bonds. The molecule has 0 radical (unpaired) electrons. The van der Waals surface area contributed by atoms with Crippen LogP contribution in [0.5, 0.6) is 0 Å². The van der Waals surface area contributed by atoms with E-state index in [4.69, 9.17) is 21.1 Å². The third-order valence-corrected chi connectivity index (χ3v) is 5.51. The van der Waals surface area contributed by atoms with Gasteiger partial charge in [0.1, 0.15) is 11.4 Å². The molecule has 0 aliphatic carbocycles. The molecular formula is C27H34ClF3N2O4. The largest absolute Gasteiger partial charge is 0.466 e. The summed E-state index contributed by atoms with van der Waals surface area (Å²) in [5.41, 5.74) is 1.04. The van der Waals surface area contributed by atoms with E-state index >= 15 is 0 Å². The molecule has 2 aromatic rings. The molecule has 0 saturated carbocycles. The van der Waals surface area contributed by atoms with Crippen molar-refractivity contribution in [2.75, 3.05) is 19.7 Å². The smallest absolute Gasteiger partial charge is 0.407 e. The van der Waals surface area contributed by atoms with Gasteiger partial charge in [-0.1, -0.05) is 35.9 Å². The fraction of sp³-hybridized carbons (Fsp3) is 0.481. The van der Waals surface area contributed by atoms with Gasteiger partial charge in [0.25, 0.3) is 6.43 Å². The van der Waals surface area contributed by atoms with Gasteiger partial charge < -0.3 is 20.1 Å². The SMILES string of the molecule is CCOC(=O)C(CNCC(F)F)CC(Cc1ccc(-c2cc(Cl)ccc2F)cc1)NC(=O)OC(C)(C)C. The second kappa shape index (κ2) is 14.2. The minimum Gasteiger partial charge on any atom is -0.466 e. The second-order valence-electron chi connectivity index (χ2n) is 9.60. The summed E-state index contributed by atoms with van der Waals surface area (Å²) < 4.78 is 50.0. The number of carbonyl (C=O) groups excluding carboxylic acids is 2. The normalized spacial score (nSPS) is 13.2. The van der Waals surface area contributed by atoms with Crippen LogP contribution in [-0.4, -0.2) is 49.8 Å². The Kier molecular flexibility index (Phi) is 11.7. The van der Waals surface area contributed by atoms with Crippen LogP contribution in [0.2, 0.25) is 5.02 Å². The minimum absolute atomic E-state index is 0.0390. The molecule has 0 heterocycles. The summed E-state index contributed by atoms with van der Waals surface area (Å²) in [5.74, 6) is -1.74. The van der Waals surface area contributed by atoms with Crippen LogP contribution >= 0.6 is 11.6 Å². The fourth-order valence-electron chi connectivity index (χ4n) is 3.72. The van der Waals surface area contributed by atoms with Gasteiger partial charge in [0.05, 0.1) is 19.1 Å². The van der Waals surface area contributed by atoms with Crippen LogP contribution in [0.3, 0.4) is 0 Å². The summed E-state index contributed by atoms with van der Waals surface area (Å²) >= 11 is 6.01. The molecule has 204 valence electrons. The zero-order valence-corrected chi connectivity index (χ0v) is 22.2. The maximum atomic E-state index is 14.3. The third kappa shape index (κ3) is 11.0. The summed E-state index contributed by atoms with van der Waals surface area (Å²) in [4.78, 5) is 25.1. The van der Waals surface area contributed by atoms with Gasteiger partial charge in [-0.05, 0) is 69.9 Å². The highest BCUT2D eigenvalue weighted by Crippen LogP contribution is 2.27. The van der Waals surface area contributed by atoms with Gasteiger partial charge in [-0.25, -0.2) is 18.0 Å². The Labute approximate surface area is 220 Å². The number of hydrogen-bond donors (Lipinski definition) is 2. The number of amides is 1. The molecule has 2 atom stereocenters. The van der Waals surface area contributed by atoms with Crippen molar-refractivity contribution in [1.29, 1.82) is 0 Å². The average Bonchev–Trinajstić information content (AvgIpc) is 2.79. The van der Waals surface area contributed by atoms with Gasteiger partial charge in [0.15, 0.2) is 0 Å². The molecule has 2 unspecified atom stereocenters. The van der Waals surface area contributed by atoms with Gasteiger partial charge in [0, 0.05) is 23.2 Å². The van der Waals surface area contributed by atoms with Crippen molar-refractivity contribution in [3.8, 4) is 11.1 Å². The Hall–Kier alpha value is -2.78. The molecule has 0 aromatic heterocycles. The van der Waals surface area contributed by atoms with Crippen molar-refractivity contribution in [3.05, 3.63) is 58.9 Å². The molecule has 0 saturated heterocycles. The number of carbonyl (C=O) groups is 2. The number of hydrogen-bond acceptors (Lipinski definition) is 5. The van der Waals surface area contributed by atoms with Gasteiger partial charge in [-0.3, -0.25) is 4.79 Å². The van der Waals surface area contributed by atoms with Crippen molar-refractivity contribution in [3.63, 3.8) is 0 Å². The number of alkyl halides is 2. The number of esters is 1. The van der Waals surface area contributed by atoms with Crippen LogP contribution in [0.25, 0.3) is 11.1 Å². The van der Waals surface area contributed by atoms with Crippen molar-refractivity contribution in [2.45, 2.75) is 58.6 Å². The van der Waals surface area contributed by atoms with E-state index < -0.39 is 48.4 Å². The van der Waals surface area contributed by atoms with E-state index in [0.717, 1.165) is 5.56 Å². The number of benzene rings is 2. The molecule has 0 aliphatic rings. The third-order valence-electron chi connectivity index (χ3n) is 5.27. The van der Waals surface area contributed by atoms with Crippen LogP contribution < -0.4 is 10.6 Å². The van der Waals surface area contributed by atoms with Crippen LogP contribution in [0.4, 0.5) is 18.0 Å². The van der Waals surface area contributed by atoms with Gasteiger partial charge >= 0.3 is 12.1 Å². The second-order valence-corrected chi connectivity index (χ2v) is 10.0. The van der Waals surface area contributed by atoms with Crippen LogP contribution in [-0.2, 0) is 20.7 Å². The highest BCUT2D eigenvalue weighted by atomic mass is 35.5. The van der Waals surface area contributed by atoms with E-state index in [1.54, 1.807) is 52.0 Å². The van der Waals surface area contributed by atoms with E-state index in [-0.39, 0.29) is 19.6 Å². The predicted molar refractivity (Wildman–Crippen MR) is 137 cm³/mol. The van der Waals surface area contributed by atoms with Crippen molar-refractivity contribution in [2.24, 2.45) is 5.92 Å². The first-order valence-corrected chi connectivity index (χ1v) is 12.4. The molecule has 6 nitrogen and oxygen atoms in total. The van der Waals surface area contributed by atoms with Gasteiger partial charge in [0.2, 0.25) is 0 Å². The van der Waals surface area contributed by atoms with Crippen molar-refractivity contribution < 1.29 is 32.2 Å². The van der Waals surface area contributed by atoms with E-state index in [1.807, 2.05) is 0 Å². The predicted octanol–water partition coefficient (Wildman–Crippen LogP) is 6.01. The molecule has 0 fully saturated rings. The molecule has 0 spiro atoms. The van der Waals surface area contributed by atoms with E-state index in [2.05, 4.69) is 10.6 Å². The van der Waals surface area contributed by atoms with Gasteiger partial charge in [-0.2, -0.15) is 0 Å². The molecular weight excluding hydrogens is 509 g/mol. The highest BCUT2D eigenvalue weighted by Gasteiger charge is 2.27. The molecule has 2 aromatic carbocycles.